The van der Waals surface area contributed by atoms with Gasteiger partial charge in [-0.2, -0.15) is 5.10 Å². The van der Waals surface area contributed by atoms with Gasteiger partial charge in [-0.15, -0.1) is 5.10 Å². The van der Waals surface area contributed by atoms with Gasteiger partial charge in [-0.3, -0.25) is 9.69 Å². The van der Waals surface area contributed by atoms with E-state index in [-0.39, 0.29) is 11.9 Å². The minimum absolute atomic E-state index is 0.000684. The molecule has 1 fully saturated rings. The quantitative estimate of drug-likeness (QED) is 0.735. The summed E-state index contributed by atoms with van der Waals surface area (Å²) in [4.78, 5) is 17.0. The highest BCUT2D eigenvalue weighted by atomic mass is 35.5. The first kappa shape index (κ1) is 20.6. The predicted molar refractivity (Wildman–Crippen MR) is 113 cm³/mol. The summed E-state index contributed by atoms with van der Waals surface area (Å²) < 4.78 is 0. The van der Waals surface area contributed by atoms with Crippen LogP contribution in [0.1, 0.15) is 37.8 Å². The van der Waals surface area contributed by atoms with Crippen LogP contribution in [0.15, 0.2) is 42.6 Å². The molecule has 0 saturated carbocycles. The second kappa shape index (κ2) is 9.85. The summed E-state index contributed by atoms with van der Waals surface area (Å²) in [5, 5.41) is 12.1. The summed E-state index contributed by atoms with van der Waals surface area (Å²) in [6.45, 7) is 4.25. The largest absolute Gasteiger partial charge is 0.351 e. The van der Waals surface area contributed by atoms with Crippen molar-refractivity contribution in [2.45, 2.75) is 38.3 Å². The molecular weight excluding hydrogens is 374 g/mol. The maximum Gasteiger partial charge on any atom is 0.234 e. The Labute approximate surface area is 171 Å². The summed E-state index contributed by atoms with van der Waals surface area (Å²) in [6, 6.07) is 11.9. The van der Waals surface area contributed by atoms with Crippen LogP contribution in [0, 0.1) is 0 Å². The summed E-state index contributed by atoms with van der Waals surface area (Å²) in [5.41, 5.74) is 1.08. The number of nitrogens with one attached hydrogen (secondary N) is 1. The molecule has 0 spiro atoms. The van der Waals surface area contributed by atoms with Crippen LogP contribution in [0.25, 0.3) is 0 Å². The first-order valence-electron chi connectivity index (χ1n) is 9.84. The van der Waals surface area contributed by atoms with Crippen molar-refractivity contribution in [3.8, 4) is 0 Å². The van der Waals surface area contributed by atoms with Gasteiger partial charge < -0.3 is 10.2 Å². The van der Waals surface area contributed by atoms with Gasteiger partial charge in [0.15, 0.2) is 5.82 Å². The third kappa shape index (κ3) is 5.42. The summed E-state index contributed by atoms with van der Waals surface area (Å²) >= 11 is 5.96. The number of hydrogen-bond donors (Lipinski definition) is 1. The molecular formula is C21H28ClN5O. The van der Waals surface area contributed by atoms with Crippen LogP contribution in [0.3, 0.4) is 0 Å². The Hall–Kier alpha value is -2.18. The minimum Gasteiger partial charge on any atom is -0.351 e. The summed E-state index contributed by atoms with van der Waals surface area (Å²) in [6.07, 6.45) is 4.76. The van der Waals surface area contributed by atoms with Gasteiger partial charge in [0.2, 0.25) is 5.91 Å². The van der Waals surface area contributed by atoms with Gasteiger partial charge in [0.1, 0.15) is 0 Å². The van der Waals surface area contributed by atoms with Crippen molar-refractivity contribution >= 4 is 23.3 Å². The van der Waals surface area contributed by atoms with Gasteiger partial charge in [0, 0.05) is 30.4 Å². The van der Waals surface area contributed by atoms with Crippen LogP contribution >= 0.6 is 11.6 Å². The molecule has 0 radical (unpaired) electrons. The normalized spacial score (nSPS) is 17.7. The molecule has 28 heavy (non-hydrogen) atoms. The van der Waals surface area contributed by atoms with Gasteiger partial charge in [0.25, 0.3) is 0 Å². The molecule has 0 aliphatic carbocycles. The van der Waals surface area contributed by atoms with Crippen molar-refractivity contribution in [2.75, 3.05) is 31.6 Å². The van der Waals surface area contributed by atoms with Gasteiger partial charge in [0.05, 0.1) is 12.6 Å². The Bertz CT molecular complexity index is 755. The molecule has 1 saturated heterocycles. The average molecular weight is 402 g/mol. The van der Waals surface area contributed by atoms with E-state index in [9.17, 15) is 4.79 Å². The Balaban J connectivity index is 1.53. The molecule has 1 amide bonds. The Morgan fingerprint density at radius 2 is 2.14 bits per heavy atom. The average Bonchev–Trinajstić information content (AvgIpc) is 3.15. The van der Waals surface area contributed by atoms with E-state index >= 15 is 0 Å². The first-order valence-corrected chi connectivity index (χ1v) is 10.2. The zero-order chi connectivity index (χ0) is 19.9. The molecule has 1 aromatic carbocycles. The molecule has 150 valence electrons. The molecule has 7 heteroatoms. The zero-order valence-electron chi connectivity index (χ0n) is 16.5. The standard InChI is InChI=1S/C21H28ClN5O/c1-3-19(16-8-10-17(22)11-9-16)24-21(28)15-26(2)14-18-6-5-13-27(18)20-7-4-12-23-25-20/h4,7-12,18-19H,3,5-6,13-15H2,1-2H3,(H,24,28). The Kier molecular flexibility index (Phi) is 7.23. The molecule has 6 nitrogen and oxygen atoms in total. The van der Waals surface area contributed by atoms with Crippen molar-refractivity contribution < 1.29 is 4.79 Å². The van der Waals surface area contributed by atoms with Crippen LogP contribution in [-0.4, -0.2) is 53.7 Å². The van der Waals surface area contributed by atoms with Crippen LogP contribution < -0.4 is 10.2 Å². The van der Waals surface area contributed by atoms with E-state index in [2.05, 4.69) is 32.2 Å². The van der Waals surface area contributed by atoms with Crippen molar-refractivity contribution in [2.24, 2.45) is 0 Å². The molecule has 3 rings (SSSR count). The second-order valence-electron chi connectivity index (χ2n) is 7.35. The number of nitrogens with zero attached hydrogens (tertiary/aromatic N) is 4. The lowest BCUT2D eigenvalue weighted by atomic mass is 10.0. The van der Waals surface area contributed by atoms with E-state index < -0.39 is 0 Å². The van der Waals surface area contributed by atoms with E-state index in [1.807, 2.05) is 43.4 Å². The van der Waals surface area contributed by atoms with E-state index in [4.69, 9.17) is 11.6 Å². The van der Waals surface area contributed by atoms with Gasteiger partial charge in [-0.1, -0.05) is 30.7 Å². The van der Waals surface area contributed by atoms with E-state index in [1.54, 1.807) is 6.20 Å². The molecule has 1 aromatic heterocycles. The van der Waals surface area contributed by atoms with Gasteiger partial charge in [-0.05, 0) is 56.1 Å². The predicted octanol–water partition coefficient (Wildman–Crippen LogP) is 3.30. The fraction of sp³-hybridized carbons (Fsp3) is 0.476. The highest BCUT2D eigenvalue weighted by Gasteiger charge is 2.27. The molecule has 1 aliphatic rings. The van der Waals surface area contributed by atoms with E-state index in [0.29, 0.717) is 17.6 Å². The topological polar surface area (TPSA) is 61.4 Å². The zero-order valence-corrected chi connectivity index (χ0v) is 17.3. The maximum absolute atomic E-state index is 12.6. The van der Waals surface area contributed by atoms with E-state index in [0.717, 1.165) is 43.7 Å². The Morgan fingerprint density at radius 3 is 2.82 bits per heavy atom. The SMILES string of the molecule is CCC(NC(=O)CN(C)CC1CCCN1c1cccnn1)c1ccc(Cl)cc1. The molecule has 1 N–H and O–H groups in total. The number of carbonyl (C=O) groups is 1. The number of likely N-dealkylation sites (N-methyl/N-ethyl adjacent to an activating group) is 1. The first-order chi connectivity index (χ1) is 13.6. The van der Waals surface area contributed by atoms with Crippen molar-refractivity contribution in [1.82, 2.24) is 20.4 Å². The number of halogens is 1. The molecule has 1 aliphatic heterocycles. The molecule has 2 atom stereocenters. The molecule has 2 heterocycles. The van der Waals surface area contributed by atoms with Crippen LogP contribution in [0.5, 0.6) is 0 Å². The highest BCUT2D eigenvalue weighted by Crippen LogP contribution is 2.23. The fourth-order valence-electron chi connectivity index (χ4n) is 3.80. The van der Waals surface area contributed by atoms with Gasteiger partial charge in [-0.25, -0.2) is 0 Å². The highest BCUT2D eigenvalue weighted by molar-refractivity contribution is 6.30. The number of carbonyl (C=O) groups excluding carboxylic acids is 1. The number of aromatic nitrogens is 2. The minimum atomic E-state index is 0.000684. The smallest absolute Gasteiger partial charge is 0.234 e. The number of rotatable bonds is 8. The second-order valence-corrected chi connectivity index (χ2v) is 7.78. The van der Waals surface area contributed by atoms with Crippen LogP contribution in [0.4, 0.5) is 5.82 Å². The molecule has 2 aromatic rings. The fourth-order valence-corrected chi connectivity index (χ4v) is 3.93. The number of hydrogen-bond acceptors (Lipinski definition) is 5. The van der Waals surface area contributed by atoms with Crippen molar-refractivity contribution in [1.29, 1.82) is 0 Å². The van der Waals surface area contributed by atoms with E-state index in [1.165, 1.54) is 0 Å². The summed E-state index contributed by atoms with van der Waals surface area (Å²) in [7, 11) is 2.00. The number of anilines is 1. The van der Waals surface area contributed by atoms with Crippen molar-refractivity contribution in [3.63, 3.8) is 0 Å². The maximum atomic E-state index is 12.6. The third-order valence-corrected chi connectivity index (χ3v) is 5.43. The molecule has 2 unspecified atom stereocenters. The number of amides is 1. The van der Waals surface area contributed by atoms with Crippen LogP contribution in [-0.2, 0) is 4.79 Å². The van der Waals surface area contributed by atoms with Crippen molar-refractivity contribution in [3.05, 3.63) is 53.2 Å². The Morgan fingerprint density at radius 1 is 1.36 bits per heavy atom. The van der Waals surface area contributed by atoms with Crippen LogP contribution in [0.2, 0.25) is 5.02 Å². The lowest BCUT2D eigenvalue weighted by molar-refractivity contribution is -0.122. The monoisotopic (exact) mass is 401 g/mol. The lowest BCUT2D eigenvalue weighted by Gasteiger charge is -2.29. The lowest BCUT2D eigenvalue weighted by Crippen LogP contribution is -2.43. The third-order valence-electron chi connectivity index (χ3n) is 5.18. The summed E-state index contributed by atoms with van der Waals surface area (Å²) in [5.74, 6) is 0.949. The van der Waals surface area contributed by atoms with Gasteiger partial charge >= 0.3 is 0 Å². The molecule has 0 bridgehead atoms. The number of benzene rings is 1.